The molecule has 2 amide bonds. The number of hydrogen-bond acceptors (Lipinski definition) is 2. The van der Waals surface area contributed by atoms with E-state index in [1.54, 1.807) is 0 Å². The fourth-order valence-electron chi connectivity index (χ4n) is 3.18. The summed E-state index contributed by atoms with van der Waals surface area (Å²) in [6.07, 6.45) is 2.86. The van der Waals surface area contributed by atoms with Crippen molar-refractivity contribution in [3.8, 4) is 0 Å². The second kappa shape index (κ2) is 6.11. The molecule has 1 heterocycles. The number of rotatable bonds is 3. The van der Waals surface area contributed by atoms with Gasteiger partial charge in [-0.2, -0.15) is 0 Å². The third kappa shape index (κ3) is 3.32. The van der Waals surface area contributed by atoms with Gasteiger partial charge in [-0.1, -0.05) is 19.1 Å². The maximum absolute atomic E-state index is 12.4. The summed E-state index contributed by atoms with van der Waals surface area (Å²) in [4.78, 5) is 26.6. The predicted octanol–water partition coefficient (Wildman–Crippen LogP) is 2.83. The highest BCUT2D eigenvalue weighted by Gasteiger charge is 2.49. The van der Waals surface area contributed by atoms with E-state index in [0.717, 1.165) is 37.2 Å². The molecule has 0 aromatic heterocycles. The molecule has 2 aliphatic rings. The number of carbonyl (C=O) groups is 2. The number of amides is 2. The predicted molar refractivity (Wildman–Crippen MR) is 86.4 cm³/mol. The first-order valence-corrected chi connectivity index (χ1v) is 8.21. The molecule has 1 N–H and O–H groups in total. The van der Waals surface area contributed by atoms with Gasteiger partial charge in [-0.05, 0) is 49.8 Å². The first-order valence-electron chi connectivity index (χ1n) is 8.21. The minimum Gasteiger partial charge on any atom is -0.342 e. The smallest absolute Gasteiger partial charge is 0.228 e. The van der Waals surface area contributed by atoms with Gasteiger partial charge in [-0.15, -0.1) is 0 Å². The van der Waals surface area contributed by atoms with Gasteiger partial charge in [-0.25, -0.2) is 0 Å². The van der Waals surface area contributed by atoms with E-state index in [9.17, 15) is 9.59 Å². The van der Waals surface area contributed by atoms with Crippen molar-refractivity contribution in [2.24, 2.45) is 17.8 Å². The molecule has 3 rings (SSSR count). The lowest BCUT2D eigenvalue weighted by Gasteiger charge is -2.30. The minimum absolute atomic E-state index is 0.0191. The van der Waals surface area contributed by atoms with E-state index in [0.29, 0.717) is 12.3 Å². The van der Waals surface area contributed by atoms with E-state index in [4.69, 9.17) is 0 Å². The Hall–Kier alpha value is -1.84. The first-order chi connectivity index (χ1) is 10.5. The summed E-state index contributed by atoms with van der Waals surface area (Å²) in [6, 6.07) is 7.76. The quantitative estimate of drug-likeness (QED) is 0.933. The number of hydrogen-bond donors (Lipinski definition) is 1. The molecule has 1 aliphatic heterocycles. The maximum atomic E-state index is 12.4. The zero-order chi connectivity index (χ0) is 15.7. The Labute approximate surface area is 131 Å². The monoisotopic (exact) mass is 300 g/mol. The van der Waals surface area contributed by atoms with Crippen LogP contribution in [0.25, 0.3) is 0 Å². The van der Waals surface area contributed by atoms with Crippen molar-refractivity contribution >= 4 is 17.5 Å². The van der Waals surface area contributed by atoms with Gasteiger partial charge in [0.2, 0.25) is 11.8 Å². The number of piperidine rings is 1. The van der Waals surface area contributed by atoms with Gasteiger partial charge in [-0.3, -0.25) is 9.59 Å². The molecule has 118 valence electrons. The topological polar surface area (TPSA) is 49.4 Å². The first kappa shape index (κ1) is 15.1. The summed E-state index contributed by atoms with van der Waals surface area (Å²) in [7, 11) is 0. The van der Waals surface area contributed by atoms with Crippen molar-refractivity contribution in [2.45, 2.75) is 33.1 Å². The molecular formula is C18H24N2O2. The van der Waals surface area contributed by atoms with Crippen LogP contribution >= 0.6 is 0 Å². The molecule has 22 heavy (non-hydrogen) atoms. The van der Waals surface area contributed by atoms with Crippen molar-refractivity contribution in [3.05, 3.63) is 29.8 Å². The summed E-state index contributed by atoms with van der Waals surface area (Å²) >= 11 is 0. The van der Waals surface area contributed by atoms with Crippen molar-refractivity contribution in [3.63, 3.8) is 0 Å². The average Bonchev–Trinajstić information content (AvgIpc) is 3.28. The molecule has 2 fully saturated rings. The fraction of sp³-hybridized carbons (Fsp3) is 0.556. The Morgan fingerprint density at radius 2 is 1.91 bits per heavy atom. The lowest BCUT2D eigenvalue weighted by atomic mass is 9.99. The lowest BCUT2D eigenvalue weighted by Crippen LogP contribution is -2.39. The van der Waals surface area contributed by atoms with Crippen LogP contribution in [0.2, 0.25) is 0 Å². The highest BCUT2D eigenvalue weighted by molar-refractivity contribution is 5.99. The minimum atomic E-state index is -0.146. The van der Waals surface area contributed by atoms with Crippen molar-refractivity contribution in [1.82, 2.24) is 4.90 Å². The number of carbonyl (C=O) groups excluding carboxylic acids is 2. The Kier molecular flexibility index (Phi) is 4.19. The highest BCUT2D eigenvalue weighted by Crippen LogP contribution is 2.41. The zero-order valence-corrected chi connectivity index (χ0v) is 13.3. The molecule has 1 aromatic rings. The summed E-state index contributed by atoms with van der Waals surface area (Å²) in [6.45, 7) is 5.93. The zero-order valence-electron chi connectivity index (χ0n) is 13.3. The molecule has 2 unspecified atom stereocenters. The van der Waals surface area contributed by atoms with Crippen LogP contribution in [0.15, 0.2) is 24.3 Å². The van der Waals surface area contributed by atoms with Gasteiger partial charge < -0.3 is 10.2 Å². The van der Waals surface area contributed by atoms with Crippen LogP contribution in [0.4, 0.5) is 5.69 Å². The standard InChI is InChI=1S/C18H24N2O2/c1-12-6-8-20(9-7-12)18(22)16-11-15(16)17(21)19-14-5-3-4-13(2)10-14/h3-5,10,12,15-16H,6-9,11H2,1-2H3,(H,19,21). The molecule has 1 saturated carbocycles. The molecule has 4 heteroatoms. The van der Waals surface area contributed by atoms with Crippen LogP contribution in [-0.4, -0.2) is 29.8 Å². The van der Waals surface area contributed by atoms with Crippen molar-refractivity contribution in [2.75, 3.05) is 18.4 Å². The van der Waals surface area contributed by atoms with E-state index >= 15 is 0 Å². The van der Waals surface area contributed by atoms with Crippen LogP contribution in [0, 0.1) is 24.7 Å². The van der Waals surface area contributed by atoms with Gasteiger partial charge >= 0.3 is 0 Å². The summed E-state index contributed by atoms with van der Waals surface area (Å²) in [5.74, 6) is 0.625. The molecule has 0 bridgehead atoms. The van der Waals surface area contributed by atoms with Crippen LogP contribution in [-0.2, 0) is 9.59 Å². The molecule has 1 saturated heterocycles. The molecule has 0 radical (unpaired) electrons. The Morgan fingerprint density at radius 3 is 2.59 bits per heavy atom. The normalized spacial score (nSPS) is 24.9. The van der Waals surface area contributed by atoms with Gasteiger partial charge in [0.05, 0.1) is 11.8 Å². The molecule has 4 nitrogen and oxygen atoms in total. The van der Waals surface area contributed by atoms with Gasteiger partial charge in [0.25, 0.3) is 0 Å². The maximum Gasteiger partial charge on any atom is 0.228 e. The van der Waals surface area contributed by atoms with Crippen molar-refractivity contribution < 1.29 is 9.59 Å². The highest BCUT2D eigenvalue weighted by atomic mass is 16.2. The molecular weight excluding hydrogens is 276 g/mol. The second-order valence-electron chi connectivity index (χ2n) is 6.82. The average molecular weight is 300 g/mol. The van der Waals surface area contributed by atoms with Gasteiger partial charge in [0.15, 0.2) is 0 Å². The number of likely N-dealkylation sites (tertiary alicyclic amines) is 1. The van der Waals surface area contributed by atoms with E-state index < -0.39 is 0 Å². The summed E-state index contributed by atoms with van der Waals surface area (Å²) in [5.41, 5.74) is 1.93. The van der Waals surface area contributed by atoms with Gasteiger partial charge in [0, 0.05) is 18.8 Å². The van der Waals surface area contributed by atoms with Gasteiger partial charge in [0.1, 0.15) is 0 Å². The molecule has 1 aromatic carbocycles. The SMILES string of the molecule is Cc1cccc(NC(=O)C2CC2C(=O)N2CCC(C)CC2)c1. The van der Waals surface area contributed by atoms with Crippen LogP contribution < -0.4 is 5.32 Å². The second-order valence-corrected chi connectivity index (χ2v) is 6.82. The molecule has 2 atom stereocenters. The van der Waals surface area contributed by atoms with E-state index in [-0.39, 0.29) is 23.7 Å². The summed E-state index contributed by atoms with van der Waals surface area (Å²) in [5, 5.41) is 2.93. The van der Waals surface area contributed by atoms with Crippen LogP contribution in [0.3, 0.4) is 0 Å². The molecule has 1 aliphatic carbocycles. The number of anilines is 1. The third-order valence-electron chi connectivity index (χ3n) is 4.83. The number of aryl methyl sites for hydroxylation is 1. The van der Waals surface area contributed by atoms with E-state index in [1.807, 2.05) is 36.1 Å². The van der Waals surface area contributed by atoms with Crippen LogP contribution in [0.5, 0.6) is 0 Å². The third-order valence-corrected chi connectivity index (χ3v) is 4.83. The number of nitrogens with zero attached hydrogens (tertiary/aromatic N) is 1. The van der Waals surface area contributed by atoms with Crippen molar-refractivity contribution in [1.29, 1.82) is 0 Å². The number of nitrogens with one attached hydrogen (secondary N) is 1. The summed E-state index contributed by atoms with van der Waals surface area (Å²) < 4.78 is 0. The Morgan fingerprint density at radius 1 is 1.18 bits per heavy atom. The largest absolute Gasteiger partial charge is 0.342 e. The number of benzene rings is 1. The van der Waals surface area contributed by atoms with E-state index in [1.165, 1.54) is 0 Å². The fourth-order valence-corrected chi connectivity index (χ4v) is 3.18. The van der Waals surface area contributed by atoms with Crippen LogP contribution in [0.1, 0.15) is 31.7 Å². The Bertz CT molecular complexity index is 576. The molecule has 0 spiro atoms. The Balaban J connectivity index is 1.53. The lowest BCUT2D eigenvalue weighted by molar-refractivity contribution is -0.135. The van der Waals surface area contributed by atoms with E-state index in [2.05, 4.69) is 12.2 Å².